The quantitative estimate of drug-likeness (QED) is 0.616. The van der Waals surface area contributed by atoms with Crippen LogP contribution in [-0.2, 0) is 4.79 Å². The molecule has 0 aliphatic rings. The molecule has 0 saturated heterocycles. The van der Waals surface area contributed by atoms with E-state index < -0.39 is 0 Å². The van der Waals surface area contributed by atoms with Crippen LogP contribution in [0.5, 0.6) is 0 Å². The number of rotatable bonds is 2. The van der Waals surface area contributed by atoms with Crippen LogP contribution in [0, 0.1) is 5.41 Å². The summed E-state index contributed by atoms with van der Waals surface area (Å²) >= 11 is 0. The highest BCUT2D eigenvalue weighted by Crippen LogP contribution is 2.19. The third-order valence-corrected chi connectivity index (χ3v) is 1.44. The average Bonchev–Trinajstić information content (AvgIpc) is 1.85. The van der Waals surface area contributed by atoms with Crippen LogP contribution >= 0.6 is 0 Å². The summed E-state index contributed by atoms with van der Waals surface area (Å²) in [6, 6.07) is 0. The minimum Gasteiger partial charge on any atom is -0.392 e. The van der Waals surface area contributed by atoms with Crippen LogP contribution in [0.4, 0.5) is 0 Å². The van der Waals surface area contributed by atoms with E-state index in [-0.39, 0.29) is 17.8 Å². The molecule has 0 unspecified atom stereocenters. The van der Waals surface area contributed by atoms with Crippen LogP contribution in [-0.4, -0.2) is 17.5 Å². The van der Waals surface area contributed by atoms with Crippen molar-refractivity contribution in [3.05, 3.63) is 11.6 Å². The molecule has 0 fully saturated rings. The van der Waals surface area contributed by atoms with E-state index in [0.29, 0.717) is 5.57 Å². The third kappa shape index (κ3) is 3.33. The number of aliphatic hydroxyl groups excluding tert-OH is 1. The molecule has 0 aromatic carbocycles. The molecule has 2 nitrogen and oxygen atoms in total. The van der Waals surface area contributed by atoms with E-state index in [2.05, 4.69) is 0 Å². The fourth-order valence-corrected chi connectivity index (χ4v) is 0.821. The first kappa shape index (κ1) is 10.4. The molecule has 0 aliphatic heterocycles. The van der Waals surface area contributed by atoms with Gasteiger partial charge in [-0.3, -0.25) is 4.79 Å². The summed E-state index contributed by atoms with van der Waals surface area (Å²) in [6.07, 6.45) is 1.54. The van der Waals surface area contributed by atoms with Crippen molar-refractivity contribution in [2.24, 2.45) is 5.41 Å². The Bertz CT molecular complexity index is 172. The molecule has 0 aromatic heterocycles. The molecule has 0 amide bonds. The first-order chi connectivity index (χ1) is 4.89. The summed E-state index contributed by atoms with van der Waals surface area (Å²) in [5.41, 5.74) is 0.301. The van der Waals surface area contributed by atoms with Crippen LogP contribution in [0.3, 0.4) is 0 Å². The van der Waals surface area contributed by atoms with Gasteiger partial charge in [-0.2, -0.15) is 0 Å². The van der Waals surface area contributed by atoms with E-state index in [4.69, 9.17) is 5.11 Å². The predicted molar refractivity (Wildman–Crippen MR) is 45.3 cm³/mol. The zero-order valence-electron chi connectivity index (χ0n) is 7.64. The second-order valence-corrected chi connectivity index (χ2v) is 3.65. The summed E-state index contributed by atoms with van der Waals surface area (Å²) in [5.74, 6) is 0.0894. The molecule has 2 heteroatoms. The van der Waals surface area contributed by atoms with Gasteiger partial charge in [0.2, 0.25) is 0 Å². The zero-order chi connectivity index (χ0) is 9.07. The second-order valence-electron chi connectivity index (χ2n) is 3.65. The smallest absolute Gasteiger partial charge is 0.163 e. The van der Waals surface area contributed by atoms with E-state index in [1.807, 2.05) is 20.8 Å². The summed E-state index contributed by atoms with van der Waals surface area (Å²) in [6.45, 7) is 7.26. The molecule has 0 radical (unpaired) electrons. The molecule has 0 spiro atoms. The van der Waals surface area contributed by atoms with Crippen LogP contribution in [0.15, 0.2) is 11.6 Å². The van der Waals surface area contributed by atoms with Gasteiger partial charge in [-0.15, -0.1) is 0 Å². The van der Waals surface area contributed by atoms with E-state index in [9.17, 15) is 4.79 Å². The number of ketones is 1. The molecule has 0 bridgehead atoms. The normalized spacial score (nSPS) is 13.4. The van der Waals surface area contributed by atoms with Crippen molar-refractivity contribution in [1.29, 1.82) is 0 Å². The van der Waals surface area contributed by atoms with E-state index >= 15 is 0 Å². The Morgan fingerprint density at radius 3 is 2.18 bits per heavy atom. The molecule has 64 valence electrons. The van der Waals surface area contributed by atoms with Crippen molar-refractivity contribution in [1.82, 2.24) is 0 Å². The molecular weight excluding hydrogens is 140 g/mol. The summed E-state index contributed by atoms with van der Waals surface area (Å²) in [7, 11) is 0. The van der Waals surface area contributed by atoms with E-state index in [1.54, 1.807) is 6.92 Å². The number of hydrogen-bond acceptors (Lipinski definition) is 2. The Morgan fingerprint density at radius 2 is 1.91 bits per heavy atom. The van der Waals surface area contributed by atoms with Gasteiger partial charge in [0.15, 0.2) is 5.78 Å². The lowest BCUT2D eigenvalue weighted by molar-refractivity contribution is -0.122. The lowest BCUT2D eigenvalue weighted by atomic mass is 9.87. The van der Waals surface area contributed by atoms with Gasteiger partial charge in [-0.25, -0.2) is 0 Å². The lowest BCUT2D eigenvalue weighted by Gasteiger charge is -2.16. The molecule has 0 saturated carbocycles. The molecule has 0 aliphatic carbocycles. The standard InChI is InChI=1S/C9H16O2/c1-7(5-6-10)8(11)9(2,3)4/h5,10H,6H2,1-4H3/b7-5+. The Hall–Kier alpha value is -0.630. The predicted octanol–water partition coefficient (Wildman–Crippen LogP) is 1.54. The molecule has 0 aromatic rings. The van der Waals surface area contributed by atoms with Gasteiger partial charge in [0.1, 0.15) is 0 Å². The van der Waals surface area contributed by atoms with Gasteiger partial charge in [-0.05, 0) is 12.5 Å². The summed E-state index contributed by atoms with van der Waals surface area (Å²) in [4.78, 5) is 11.4. The lowest BCUT2D eigenvalue weighted by Crippen LogP contribution is -2.21. The Kier molecular flexibility index (Phi) is 3.46. The van der Waals surface area contributed by atoms with E-state index in [0.717, 1.165) is 0 Å². The molecule has 0 heterocycles. The maximum Gasteiger partial charge on any atom is 0.163 e. The van der Waals surface area contributed by atoms with Crippen LogP contribution in [0.1, 0.15) is 27.7 Å². The Morgan fingerprint density at radius 1 is 1.45 bits per heavy atom. The van der Waals surface area contributed by atoms with Crippen molar-refractivity contribution in [2.75, 3.05) is 6.61 Å². The highest BCUT2D eigenvalue weighted by molar-refractivity contribution is 5.98. The van der Waals surface area contributed by atoms with Gasteiger partial charge in [-0.1, -0.05) is 26.8 Å². The number of Topliss-reactive ketones (excluding diaryl/α,β-unsaturated/α-hetero) is 1. The maximum atomic E-state index is 11.4. The second kappa shape index (κ2) is 3.67. The number of carbonyl (C=O) groups is 1. The molecule has 11 heavy (non-hydrogen) atoms. The minimum absolute atomic E-state index is 0.0619. The third-order valence-electron chi connectivity index (χ3n) is 1.44. The highest BCUT2D eigenvalue weighted by atomic mass is 16.2. The van der Waals surface area contributed by atoms with Crippen molar-refractivity contribution in [3.63, 3.8) is 0 Å². The van der Waals surface area contributed by atoms with Crippen molar-refractivity contribution in [2.45, 2.75) is 27.7 Å². The molecule has 0 rings (SSSR count). The Balaban J connectivity index is 4.39. The SMILES string of the molecule is C/C(=C\CO)C(=O)C(C)(C)C. The summed E-state index contributed by atoms with van der Waals surface area (Å²) < 4.78 is 0. The monoisotopic (exact) mass is 156 g/mol. The first-order valence-corrected chi connectivity index (χ1v) is 3.72. The topological polar surface area (TPSA) is 37.3 Å². The first-order valence-electron chi connectivity index (χ1n) is 3.72. The number of allylic oxidation sites excluding steroid dienone is 1. The van der Waals surface area contributed by atoms with Gasteiger partial charge >= 0.3 is 0 Å². The van der Waals surface area contributed by atoms with Crippen molar-refractivity contribution >= 4 is 5.78 Å². The fraction of sp³-hybridized carbons (Fsp3) is 0.667. The zero-order valence-corrected chi connectivity index (χ0v) is 7.64. The van der Waals surface area contributed by atoms with Gasteiger partial charge in [0, 0.05) is 5.41 Å². The van der Waals surface area contributed by atoms with Crippen LogP contribution < -0.4 is 0 Å². The molecule has 0 atom stereocenters. The van der Waals surface area contributed by atoms with Gasteiger partial charge in [0.25, 0.3) is 0 Å². The maximum absolute atomic E-state index is 11.4. The minimum atomic E-state index is -0.338. The summed E-state index contributed by atoms with van der Waals surface area (Å²) in [5, 5.41) is 8.52. The molecule has 1 N–H and O–H groups in total. The number of hydrogen-bond donors (Lipinski definition) is 1. The van der Waals surface area contributed by atoms with Crippen LogP contribution in [0.25, 0.3) is 0 Å². The Labute approximate surface area is 67.9 Å². The van der Waals surface area contributed by atoms with Crippen molar-refractivity contribution < 1.29 is 9.90 Å². The van der Waals surface area contributed by atoms with Crippen LogP contribution in [0.2, 0.25) is 0 Å². The fourth-order valence-electron chi connectivity index (χ4n) is 0.821. The van der Waals surface area contributed by atoms with E-state index in [1.165, 1.54) is 6.08 Å². The number of carbonyl (C=O) groups excluding carboxylic acids is 1. The number of aliphatic hydroxyl groups is 1. The van der Waals surface area contributed by atoms with Gasteiger partial charge in [0.05, 0.1) is 6.61 Å². The molecular formula is C9H16O2. The van der Waals surface area contributed by atoms with Gasteiger partial charge < -0.3 is 5.11 Å². The largest absolute Gasteiger partial charge is 0.392 e. The average molecular weight is 156 g/mol. The highest BCUT2D eigenvalue weighted by Gasteiger charge is 2.21. The van der Waals surface area contributed by atoms with Crippen molar-refractivity contribution in [3.8, 4) is 0 Å².